The fourth-order valence-corrected chi connectivity index (χ4v) is 8.67. The van der Waals surface area contributed by atoms with E-state index < -0.39 is 0 Å². The highest BCUT2D eigenvalue weighted by molar-refractivity contribution is 6.21. The van der Waals surface area contributed by atoms with Crippen molar-refractivity contribution >= 4 is 11.6 Å². The summed E-state index contributed by atoms with van der Waals surface area (Å²) in [5.41, 5.74) is 0. The molecule has 0 aromatic rings. The molecule has 5 fully saturated rings. The lowest BCUT2D eigenvalue weighted by Crippen LogP contribution is -2.41. The summed E-state index contributed by atoms with van der Waals surface area (Å²) in [5.74, 6) is 10.5. The number of hydrogen-bond acceptors (Lipinski definition) is 0. The summed E-state index contributed by atoms with van der Waals surface area (Å²) in [4.78, 5) is 0. The quantitative estimate of drug-likeness (QED) is 0.351. The number of alkyl halides is 1. The van der Waals surface area contributed by atoms with Crippen molar-refractivity contribution in [2.75, 3.05) is 0 Å². The van der Waals surface area contributed by atoms with E-state index in [1.807, 2.05) is 0 Å². The number of fused-ring (bicyclic) bond motifs is 16. The van der Waals surface area contributed by atoms with Crippen LogP contribution in [0.1, 0.15) is 25.7 Å². The van der Waals surface area contributed by atoms with Crippen LogP contribution in [-0.4, -0.2) is 5.38 Å². The highest BCUT2D eigenvalue weighted by Crippen LogP contribution is 2.75. The first-order valence-corrected chi connectivity index (χ1v) is 8.59. The molecule has 0 aliphatic heterocycles. The molecule has 0 N–H and O–H groups in total. The van der Waals surface area contributed by atoms with Crippen LogP contribution in [0, 0.1) is 59.2 Å². The molecule has 0 saturated heterocycles. The third kappa shape index (κ3) is 0.856. The van der Waals surface area contributed by atoms with Gasteiger partial charge in [0.25, 0.3) is 0 Å². The Morgan fingerprint density at radius 1 is 0.667 bits per heavy atom. The molecular weight excluding hydrogens is 240 g/mol. The minimum atomic E-state index is 0.545. The SMILES string of the molecule is ClC1CC2CC1C1C3CC(C4C5C=CC(C5)C34)C21. The van der Waals surface area contributed by atoms with Crippen molar-refractivity contribution in [1.29, 1.82) is 0 Å². The average Bonchev–Trinajstić information content (AvgIpc) is 3.14. The molecule has 6 rings (SSSR count). The van der Waals surface area contributed by atoms with Crippen molar-refractivity contribution in [3.05, 3.63) is 12.2 Å². The Kier molecular flexibility index (Phi) is 1.57. The molecule has 0 nitrogen and oxygen atoms in total. The molecule has 96 valence electrons. The fraction of sp³-hybridized carbons (Fsp3) is 0.882. The zero-order valence-electron chi connectivity index (χ0n) is 10.7. The van der Waals surface area contributed by atoms with Crippen molar-refractivity contribution in [2.45, 2.75) is 31.1 Å². The van der Waals surface area contributed by atoms with Gasteiger partial charge in [-0.1, -0.05) is 12.2 Å². The number of halogens is 1. The van der Waals surface area contributed by atoms with Crippen LogP contribution in [0.15, 0.2) is 12.2 Å². The van der Waals surface area contributed by atoms with Crippen molar-refractivity contribution in [1.82, 2.24) is 0 Å². The van der Waals surface area contributed by atoms with E-state index in [1.54, 1.807) is 6.42 Å². The number of allylic oxidation sites excluding steroid dienone is 2. The van der Waals surface area contributed by atoms with Gasteiger partial charge in [-0.15, -0.1) is 11.6 Å². The van der Waals surface area contributed by atoms with E-state index in [0.717, 1.165) is 59.2 Å². The normalized spacial score (nSPS) is 73.3. The lowest BCUT2D eigenvalue weighted by molar-refractivity contribution is 0.0520. The van der Waals surface area contributed by atoms with Gasteiger partial charge in [-0.3, -0.25) is 0 Å². The Bertz CT molecular complexity index is 455. The van der Waals surface area contributed by atoms with Gasteiger partial charge in [0.05, 0.1) is 0 Å². The molecule has 0 aromatic carbocycles. The molecule has 5 saturated carbocycles. The van der Waals surface area contributed by atoms with Crippen molar-refractivity contribution in [3.63, 3.8) is 0 Å². The fourth-order valence-electron chi connectivity index (χ4n) is 8.17. The van der Waals surface area contributed by atoms with E-state index in [4.69, 9.17) is 11.6 Å². The Morgan fingerprint density at radius 2 is 1.39 bits per heavy atom. The van der Waals surface area contributed by atoms with E-state index in [-0.39, 0.29) is 0 Å². The Balaban J connectivity index is 1.46. The standard InChI is InChI=1S/C17H21Cl/c18-13-5-9-4-10(13)17-12-6-11(16(9)17)14-7-1-2-8(3-7)15(12)14/h1-2,7-17H,3-6H2. The number of hydrogen-bond donors (Lipinski definition) is 0. The van der Waals surface area contributed by atoms with Gasteiger partial charge in [-0.05, 0) is 84.9 Å². The van der Waals surface area contributed by atoms with Crippen LogP contribution < -0.4 is 0 Å². The summed E-state index contributed by atoms with van der Waals surface area (Å²) in [6.07, 6.45) is 11.1. The molecule has 6 aliphatic rings. The van der Waals surface area contributed by atoms with E-state index in [1.165, 1.54) is 19.3 Å². The van der Waals surface area contributed by atoms with Gasteiger partial charge in [-0.2, -0.15) is 0 Å². The molecule has 6 bridgehead atoms. The van der Waals surface area contributed by atoms with E-state index in [0.29, 0.717) is 5.38 Å². The second kappa shape index (κ2) is 2.87. The molecule has 0 heterocycles. The van der Waals surface area contributed by atoms with Crippen LogP contribution in [0.3, 0.4) is 0 Å². The molecule has 0 spiro atoms. The van der Waals surface area contributed by atoms with Gasteiger partial charge in [0.1, 0.15) is 0 Å². The highest BCUT2D eigenvalue weighted by atomic mass is 35.5. The summed E-state index contributed by atoms with van der Waals surface area (Å²) >= 11 is 6.62. The van der Waals surface area contributed by atoms with Crippen LogP contribution in [-0.2, 0) is 0 Å². The first-order valence-electron chi connectivity index (χ1n) is 8.15. The summed E-state index contributed by atoms with van der Waals surface area (Å²) < 4.78 is 0. The lowest BCUT2D eigenvalue weighted by Gasteiger charge is -2.45. The predicted octanol–water partition coefficient (Wildman–Crippen LogP) is 3.95. The molecule has 0 amide bonds. The number of rotatable bonds is 0. The van der Waals surface area contributed by atoms with Crippen LogP contribution >= 0.6 is 11.6 Å². The molecule has 11 atom stereocenters. The van der Waals surface area contributed by atoms with Crippen molar-refractivity contribution < 1.29 is 0 Å². The Morgan fingerprint density at radius 3 is 2.17 bits per heavy atom. The van der Waals surface area contributed by atoms with E-state index >= 15 is 0 Å². The van der Waals surface area contributed by atoms with Crippen LogP contribution in [0.4, 0.5) is 0 Å². The van der Waals surface area contributed by atoms with Crippen molar-refractivity contribution in [3.8, 4) is 0 Å². The van der Waals surface area contributed by atoms with Gasteiger partial charge in [0.15, 0.2) is 0 Å². The van der Waals surface area contributed by atoms with Gasteiger partial charge in [0.2, 0.25) is 0 Å². The summed E-state index contributed by atoms with van der Waals surface area (Å²) in [5, 5.41) is 0.545. The van der Waals surface area contributed by atoms with E-state index in [2.05, 4.69) is 12.2 Å². The molecule has 0 radical (unpaired) electrons. The average molecular weight is 261 g/mol. The highest BCUT2D eigenvalue weighted by Gasteiger charge is 2.70. The molecular formula is C17H21Cl. The molecule has 11 unspecified atom stereocenters. The Hall–Kier alpha value is 0.0300. The largest absolute Gasteiger partial charge is 0.123 e. The predicted molar refractivity (Wildman–Crippen MR) is 72.1 cm³/mol. The first-order chi connectivity index (χ1) is 8.83. The smallest absolute Gasteiger partial charge is 0.0370 e. The molecule has 18 heavy (non-hydrogen) atoms. The van der Waals surface area contributed by atoms with Gasteiger partial charge in [0, 0.05) is 5.38 Å². The minimum Gasteiger partial charge on any atom is -0.123 e. The minimum absolute atomic E-state index is 0.545. The van der Waals surface area contributed by atoms with Crippen molar-refractivity contribution in [2.24, 2.45) is 59.2 Å². The maximum Gasteiger partial charge on any atom is 0.0370 e. The molecule has 6 aliphatic carbocycles. The van der Waals surface area contributed by atoms with Crippen LogP contribution in [0.25, 0.3) is 0 Å². The maximum absolute atomic E-state index is 6.62. The first kappa shape index (κ1) is 9.86. The van der Waals surface area contributed by atoms with E-state index in [9.17, 15) is 0 Å². The van der Waals surface area contributed by atoms with Gasteiger partial charge < -0.3 is 0 Å². The monoisotopic (exact) mass is 260 g/mol. The van der Waals surface area contributed by atoms with Gasteiger partial charge in [-0.25, -0.2) is 0 Å². The maximum atomic E-state index is 6.62. The zero-order valence-corrected chi connectivity index (χ0v) is 11.5. The third-order valence-corrected chi connectivity index (χ3v) is 8.66. The second-order valence-electron chi connectivity index (χ2n) is 8.23. The summed E-state index contributed by atoms with van der Waals surface area (Å²) in [6.45, 7) is 0. The third-order valence-electron chi connectivity index (χ3n) is 8.16. The van der Waals surface area contributed by atoms with Gasteiger partial charge >= 0.3 is 0 Å². The second-order valence-corrected chi connectivity index (χ2v) is 8.79. The summed E-state index contributed by atoms with van der Waals surface area (Å²) in [6, 6.07) is 0. The van der Waals surface area contributed by atoms with Crippen LogP contribution in [0.2, 0.25) is 0 Å². The zero-order chi connectivity index (χ0) is 11.6. The lowest BCUT2D eigenvalue weighted by atomic mass is 9.61. The topological polar surface area (TPSA) is 0 Å². The van der Waals surface area contributed by atoms with Crippen LogP contribution in [0.5, 0.6) is 0 Å². The molecule has 0 aromatic heterocycles. The molecule has 1 heteroatoms. The summed E-state index contributed by atoms with van der Waals surface area (Å²) in [7, 11) is 0. The Labute approximate surface area is 114 Å².